The van der Waals surface area contributed by atoms with Crippen LogP contribution in [0.2, 0.25) is 0 Å². The molecule has 0 saturated heterocycles. The maximum absolute atomic E-state index is 11.0. The molecule has 1 aromatic carbocycles. The van der Waals surface area contributed by atoms with Crippen LogP contribution in [0.3, 0.4) is 0 Å². The Morgan fingerprint density at radius 2 is 2.00 bits per heavy atom. The van der Waals surface area contributed by atoms with Crippen LogP contribution >= 0.6 is 15.9 Å². The van der Waals surface area contributed by atoms with Gasteiger partial charge >= 0.3 is 5.82 Å². The highest BCUT2D eigenvalue weighted by atomic mass is 79.9. The number of fused-ring (bicyclic) bond motifs is 2. The molecule has 0 amide bonds. The van der Waals surface area contributed by atoms with E-state index in [1.165, 1.54) is 21.8 Å². The van der Waals surface area contributed by atoms with Crippen molar-refractivity contribution < 1.29 is 4.92 Å². The molecule has 0 saturated carbocycles. The Morgan fingerprint density at radius 1 is 1.18 bits per heavy atom. The van der Waals surface area contributed by atoms with E-state index in [0.29, 0.717) is 11.5 Å². The van der Waals surface area contributed by atoms with Gasteiger partial charge in [0.1, 0.15) is 6.20 Å². The lowest BCUT2D eigenvalue weighted by Gasteiger charge is -2.14. The molecule has 0 aliphatic carbocycles. The standard InChI is InChI=1S/C14H10BrN5O2/c15-11-2-1-9-7-18(8-10(9)5-11)13-4-3-12-16-6-14(20(21)22)19(12)17-13/h1-6H,7-8H2. The Balaban J connectivity index is 1.73. The van der Waals surface area contributed by atoms with Crippen LogP contribution in [0.1, 0.15) is 11.1 Å². The molecule has 0 fully saturated rings. The summed E-state index contributed by atoms with van der Waals surface area (Å²) in [4.78, 5) is 16.6. The first-order valence-electron chi connectivity index (χ1n) is 6.63. The quantitative estimate of drug-likeness (QED) is 0.519. The Morgan fingerprint density at radius 3 is 2.82 bits per heavy atom. The van der Waals surface area contributed by atoms with Gasteiger partial charge in [0.25, 0.3) is 0 Å². The minimum Gasteiger partial charge on any atom is -0.358 e. The summed E-state index contributed by atoms with van der Waals surface area (Å²) in [5.74, 6) is 0.567. The number of halogens is 1. The average Bonchev–Trinajstić information content (AvgIpc) is 3.09. The van der Waals surface area contributed by atoms with Gasteiger partial charge in [0.2, 0.25) is 5.65 Å². The predicted octanol–water partition coefficient (Wildman–Crippen LogP) is 2.92. The van der Waals surface area contributed by atoms with Gasteiger partial charge in [-0.05, 0) is 34.2 Å². The van der Waals surface area contributed by atoms with Crippen molar-refractivity contribution in [1.29, 1.82) is 0 Å². The second kappa shape index (κ2) is 4.77. The molecule has 0 bridgehead atoms. The molecule has 1 aliphatic rings. The van der Waals surface area contributed by atoms with Gasteiger partial charge in [-0.15, -0.1) is 0 Å². The van der Waals surface area contributed by atoms with Gasteiger partial charge in [-0.25, -0.2) is 4.98 Å². The van der Waals surface area contributed by atoms with Crippen LogP contribution in [0, 0.1) is 10.1 Å². The highest BCUT2D eigenvalue weighted by Gasteiger charge is 2.23. The van der Waals surface area contributed by atoms with E-state index >= 15 is 0 Å². The molecular weight excluding hydrogens is 350 g/mol. The molecule has 0 radical (unpaired) electrons. The summed E-state index contributed by atoms with van der Waals surface area (Å²) in [5.41, 5.74) is 2.94. The minimum atomic E-state index is -0.480. The van der Waals surface area contributed by atoms with Crippen molar-refractivity contribution in [3.05, 3.63) is 62.2 Å². The van der Waals surface area contributed by atoms with Gasteiger partial charge in [-0.3, -0.25) is 0 Å². The van der Waals surface area contributed by atoms with E-state index in [4.69, 9.17) is 0 Å². The lowest BCUT2D eigenvalue weighted by Crippen LogP contribution is -2.17. The molecule has 8 heteroatoms. The van der Waals surface area contributed by atoms with Crippen molar-refractivity contribution in [2.45, 2.75) is 13.1 Å². The third-order valence-corrected chi connectivity index (χ3v) is 4.23. The zero-order chi connectivity index (χ0) is 15.3. The summed E-state index contributed by atoms with van der Waals surface area (Å²) in [6.45, 7) is 1.47. The fraction of sp³-hybridized carbons (Fsp3) is 0.143. The Kier molecular flexibility index (Phi) is 2.86. The molecule has 3 heterocycles. The van der Waals surface area contributed by atoms with Crippen molar-refractivity contribution in [3.8, 4) is 0 Å². The minimum absolute atomic E-state index is 0.128. The van der Waals surface area contributed by atoms with E-state index in [1.807, 2.05) is 12.1 Å². The Bertz CT molecular complexity index is 907. The SMILES string of the molecule is O=[N+]([O-])c1cnc2ccc(N3Cc4ccc(Br)cc4C3)nn12. The molecule has 0 spiro atoms. The highest BCUT2D eigenvalue weighted by Crippen LogP contribution is 2.29. The number of nitro groups is 1. The van der Waals surface area contributed by atoms with Gasteiger partial charge in [0.15, 0.2) is 5.82 Å². The molecular formula is C14H10BrN5O2. The number of benzene rings is 1. The molecule has 3 aromatic rings. The van der Waals surface area contributed by atoms with Crippen LogP contribution in [-0.2, 0) is 13.1 Å². The number of rotatable bonds is 2. The van der Waals surface area contributed by atoms with Gasteiger partial charge < -0.3 is 15.0 Å². The average molecular weight is 360 g/mol. The third kappa shape index (κ3) is 2.03. The molecule has 1 aliphatic heterocycles. The maximum Gasteiger partial charge on any atom is 0.368 e. The number of nitrogens with zero attached hydrogens (tertiary/aromatic N) is 5. The Hall–Kier alpha value is -2.48. The van der Waals surface area contributed by atoms with Crippen LogP contribution in [0.4, 0.5) is 11.6 Å². The van der Waals surface area contributed by atoms with Crippen molar-refractivity contribution in [1.82, 2.24) is 14.6 Å². The maximum atomic E-state index is 11.0. The molecule has 0 atom stereocenters. The van der Waals surface area contributed by atoms with Crippen molar-refractivity contribution in [2.75, 3.05) is 4.90 Å². The topological polar surface area (TPSA) is 76.6 Å². The zero-order valence-corrected chi connectivity index (χ0v) is 12.9. The Labute approximate surface area is 133 Å². The van der Waals surface area contributed by atoms with Crippen LogP contribution < -0.4 is 4.90 Å². The largest absolute Gasteiger partial charge is 0.368 e. The molecule has 2 aromatic heterocycles. The smallest absolute Gasteiger partial charge is 0.358 e. The van der Waals surface area contributed by atoms with Gasteiger partial charge in [-0.2, -0.15) is 0 Å². The predicted molar refractivity (Wildman–Crippen MR) is 83.7 cm³/mol. The van der Waals surface area contributed by atoms with Crippen molar-refractivity contribution >= 4 is 33.2 Å². The van der Waals surface area contributed by atoms with E-state index < -0.39 is 4.92 Å². The zero-order valence-electron chi connectivity index (χ0n) is 11.3. The number of aromatic nitrogens is 3. The first-order chi connectivity index (χ1) is 10.6. The second-order valence-corrected chi connectivity index (χ2v) is 6.02. The van der Waals surface area contributed by atoms with Crippen LogP contribution in [0.5, 0.6) is 0 Å². The molecule has 7 nitrogen and oxygen atoms in total. The van der Waals surface area contributed by atoms with E-state index in [2.05, 4.69) is 43.0 Å². The normalized spacial score (nSPS) is 13.6. The van der Waals surface area contributed by atoms with E-state index in [9.17, 15) is 10.1 Å². The molecule has 4 rings (SSSR count). The van der Waals surface area contributed by atoms with Crippen LogP contribution in [-0.4, -0.2) is 19.5 Å². The summed E-state index contributed by atoms with van der Waals surface area (Å²) in [5, 5.41) is 15.4. The van der Waals surface area contributed by atoms with Gasteiger partial charge in [-0.1, -0.05) is 31.6 Å². The van der Waals surface area contributed by atoms with Crippen LogP contribution in [0.15, 0.2) is 41.0 Å². The van der Waals surface area contributed by atoms with Gasteiger partial charge in [0.05, 0.1) is 0 Å². The lowest BCUT2D eigenvalue weighted by molar-refractivity contribution is -0.391. The fourth-order valence-electron chi connectivity index (χ4n) is 2.67. The van der Waals surface area contributed by atoms with Crippen LogP contribution in [0.25, 0.3) is 5.65 Å². The number of hydrogen-bond donors (Lipinski definition) is 0. The summed E-state index contributed by atoms with van der Waals surface area (Å²) in [6, 6.07) is 9.77. The van der Waals surface area contributed by atoms with Crippen molar-refractivity contribution in [2.24, 2.45) is 0 Å². The molecule has 0 N–H and O–H groups in total. The molecule has 0 unspecified atom stereocenters. The highest BCUT2D eigenvalue weighted by molar-refractivity contribution is 9.10. The first-order valence-corrected chi connectivity index (χ1v) is 7.42. The number of hydrogen-bond acceptors (Lipinski definition) is 5. The summed E-state index contributed by atoms with van der Waals surface area (Å²) in [7, 11) is 0. The number of imidazole rings is 1. The monoisotopic (exact) mass is 359 g/mol. The van der Waals surface area contributed by atoms with E-state index in [-0.39, 0.29) is 5.82 Å². The van der Waals surface area contributed by atoms with E-state index in [0.717, 1.165) is 17.6 Å². The molecule has 110 valence electrons. The number of anilines is 1. The fourth-order valence-corrected chi connectivity index (χ4v) is 3.08. The second-order valence-electron chi connectivity index (χ2n) is 5.10. The summed E-state index contributed by atoms with van der Waals surface area (Å²) >= 11 is 3.47. The first kappa shape index (κ1) is 13.2. The van der Waals surface area contributed by atoms with E-state index in [1.54, 1.807) is 6.07 Å². The summed E-state index contributed by atoms with van der Waals surface area (Å²) in [6.07, 6.45) is 1.22. The lowest BCUT2D eigenvalue weighted by atomic mass is 10.1. The third-order valence-electron chi connectivity index (χ3n) is 3.73. The van der Waals surface area contributed by atoms with Crippen molar-refractivity contribution in [3.63, 3.8) is 0 Å². The molecule has 22 heavy (non-hydrogen) atoms. The summed E-state index contributed by atoms with van der Waals surface area (Å²) < 4.78 is 2.32. The van der Waals surface area contributed by atoms with Gasteiger partial charge in [0, 0.05) is 23.6 Å².